The zero-order chi connectivity index (χ0) is 17.3. The SMILES string of the molecule is COC(=O)C1(C)CCC(=O)C(C)=C1/C=C/C1COC(C)(C)OC1. The monoisotopic (exact) mass is 322 g/mol. The van der Waals surface area contributed by atoms with Crippen LogP contribution in [0.3, 0.4) is 0 Å². The van der Waals surface area contributed by atoms with Gasteiger partial charge in [0.1, 0.15) is 0 Å². The Bertz CT molecular complexity index is 548. The van der Waals surface area contributed by atoms with Gasteiger partial charge in [0, 0.05) is 12.3 Å². The molecule has 0 aromatic heterocycles. The number of rotatable bonds is 3. The van der Waals surface area contributed by atoms with Crippen LogP contribution in [-0.2, 0) is 23.8 Å². The highest BCUT2D eigenvalue weighted by molar-refractivity contribution is 6.00. The molecule has 0 N–H and O–H groups in total. The van der Waals surface area contributed by atoms with Gasteiger partial charge >= 0.3 is 5.97 Å². The van der Waals surface area contributed by atoms with Crippen LogP contribution in [0.2, 0.25) is 0 Å². The molecule has 128 valence electrons. The van der Waals surface area contributed by atoms with E-state index in [9.17, 15) is 9.59 Å². The van der Waals surface area contributed by atoms with Crippen LogP contribution in [0, 0.1) is 11.3 Å². The number of Topliss-reactive ketones (excluding diaryl/α,β-unsaturated/α-hetero) is 1. The summed E-state index contributed by atoms with van der Waals surface area (Å²) in [4.78, 5) is 24.3. The zero-order valence-electron chi connectivity index (χ0n) is 14.6. The molecule has 2 rings (SSSR count). The van der Waals surface area contributed by atoms with E-state index in [0.717, 1.165) is 5.57 Å². The van der Waals surface area contributed by atoms with E-state index < -0.39 is 11.2 Å². The molecule has 0 aromatic rings. The summed E-state index contributed by atoms with van der Waals surface area (Å²) in [6, 6.07) is 0. The Hall–Kier alpha value is -1.46. The van der Waals surface area contributed by atoms with Crippen molar-refractivity contribution in [3.8, 4) is 0 Å². The second kappa shape index (κ2) is 6.57. The number of carbonyl (C=O) groups is 2. The van der Waals surface area contributed by atoms with Crippen LogP contribution in [0.15, 0.2) is 23.3 Å². The van der Waals surface area contributed by atoms with Gasteiger partial charge in [0.15, 0.2) is 11.6 Å². The summed E-state index contributed by atoms with van der Waals surface area (Å²) in [5, 5.41) is 0. The second-order valence-corrected chi connectivity index (χ2v) is 6.93. The summed E-state index contributed by atoms with van der Waals surface area (Å²) in [5.74, 6) is -0.673. The highest BCUT2D eigenvalue weighted by Crippen LogP contribution is 2.41. The minimum absolute atomic E-state index is 0.0864. The maximum absolute atomic E-state index is 12.2. The minimum Gasteiger partial charge on any atom is -0.468 e. The Kier molecular flexibility index (Phi) is 5.11. The first-order valence-corrected chi connectivity index (χ1v) is 7.99. The van der Waals surface area contributed by atoms with Crippen molar-refractivity contribution in [1.29, 1.82) is 0 Å². The lowest BCUT2D eigenvalue weighted by Gasteiger charge is -2.35. The average molecular weight is 322 g/mol. The molecule has 23 heavy (non-hydrogen) atoms. The number of esters is 1. The molecule has 1 aliphatic heterocycles. The van der Waals surface area contributed by atoms with Crippen molar-refractivity contribution in [2.45, 2.75) is 46.3 Å². The Morgan fingerprint density at radius 1 is 1.26 bits per heavy atom. The number of hydrogen-bond acceptors (Lipinski definition) is 5. The molecular weight excluding hydrogens is 296 g/mol. The van der Waals surface area contributed by atoms with E-state index in [1.54, 1.807) is 6.92 Å². The Labute approximate surface area is 137 Å². The van der Waals surface area contributed by atoms with E-state index in [4.69, 9.17) is 14.2 Å². The fourth-order valence-corrected chi connectivity index (χ4v) is 3.04. The van der Waals surface area contributed by atoms with Crippen molar-refractivity contribution in [2.24, 2.45) is 11.3 Å². The molecule has 1 atom stereocenters. The summed E-state index contributed by atoms with van der Waals surface area (Å²) >= 11 is 0. The predicted octanol–water partition coefficient (Wildman–Crippen LogP) is 2.80. The Balaban J connectivity index is 2.23. The summed E-state index contributed by atoms with van der Waals surface area (Å²) in [6.07, 6.45) is 4.69. The lowest BCUT2D eigenvalue weighted by Crippen LogP contribution is -2.39. The van der Waals surface area contributed by atoms with E-state index in [1.807, 2.05) is 32.9 Å². The number of ether oxygens (including phenoxy) is 3. The van der Waals surface area contributed by atoms with Crippen LogP contribution in [0.4, 0.5) is 0 Å². The van der Waals surface area contributed by atoms with Crippen molar-refractivity contribution in [2.75, 3.05) is 20.3 Å². The summed E-state index contributed by atoms with van der Waals surface area (Å²) < 4.78 is 16.2. The van der Waals surface area contributed by atoms with Gasteiger partial charge in [-0.3, -0.25) is 9.59 Å². The Morgan fingerprint density at radius 3 is 2.43 bits per heavy atom. The molecule has 1 unspecified atom stereocenters. The topological polar surface area (TPSA) is 61.8 Å². The number of allylic oxidation sites excluding steroid dienone is 2. The first kappa shape index (κ1) is 17.9. The van der Waals surface area contributed by atoms with E-state index in [-0.39, 0.29) is 17.7 Å². The first-order chi connectivity index (χ1) is 10.7. The fourth-order valence-electron chi connectivity index (χ4n) is 3.04. The van der Waals surface area contributed by atoms with Crippen LogP contribution in [-0.4, -0.2) is 37.9 Å². The normalized spacial score (nSPS) is 29.2. The summed E-state index contributed by atoms with van der Waals surface area (Å²) in [6.45, 7) is 8.49. The molecule has 1 heterocycles. The Morgan fingerprint density at radius 2 is 1.87 bits per heavy atom. The van der Waals surface area contributed by atoms with Crippen LogP contribution >= 0.6 is 0 Å². The molecular formula is C18H26O5. The van der Waals surface area contributed by atoms with Gasteiger partial charge in [-0.05, 0) is 45.3 Å². The van der Waals surface area contributed by atoms with E-state index in [1.165, 1.54) is 7.11 Å². The average Bonchev–Trinajstić information content (AvgIpc) is 2.51. The third-order valence-corrected chi connectivity index (χ3v) is 4.73. The van der Waals surface area contributed by atoms with E-state index >= 15 is 0 Å². The molecule has 0 radical (unpaired) electrons. The van der Waals surface area contributed by atoms with Gasteiger partial charge < -0.3 is 14.2 Å². The second-order valence-electron chi connectivity index (χ2n) is 6.93. The molecule has 0 saturated carbocycles. The van der Waals surface area contributed by atoms with Crippen molar-refractivity contribution < 1.29 is 23.8 Å². The highest BCUT2D eigenvalue weighted by atomic mass is 16.7. The number of ketones is 1. The highest BCUT2D eigenvalue weighted by Gasteiger charge is 2.42. The van der Waals surface area contributed by atoms with Gasteiger partial charge in [0.05, 0.1) is 25.7 Å². The number of methoxy groups -OCH3 is 1. The standard InChI is InChI=1S/C18H26O5/c1-12-14(7-6-13-10-22-17(2,3)23-11-13)18(4,16(20)21-5)9-8-15(12)19/h6-7,13H,8-11H2,1-5H3/b7-6+. The van der Waals surface area contributed by atoms with Crippen LogP contribution in [0.1, 0.15) is 40.5 Å². The van der Waals surface area contributed by atoms with Crippen molar-refractivity contribution in [3.63, 3.8) is 0 Å². The van der Waals surface area contributed by atoms with Crippen LogP contribution in [0.25, 0.3) is 0 Å². The molecule has 1 saturated heterocycles. The maximum atomic E-state index is 12.2. The fraction of sp³-hybridized carbons (Fsp3) is 0.667. The molecule has 1 aliphatic carbocycles. The van der Waals surface area contributed by atoms with Crippen LogP contribution in [0.5, 0.6) is 0 Å². The summed E-state index contributed by atoms with van der Waals surface area (Å²) in [7, 11) is 1.38. The third kappa shape index (κ3) is 3.72. The van der Waals surface area contributed by atoms with Gasteiger partial charge in [0.2, 0.25) is 0 Å². The van der Waals surface area contributed by atoms with Crippen molar-refractivity contribution >= 4 is 11.8 Å². The molecule has 5 heteroatoms. The van der Waals surface area contributed by atoms with E-state index in [2.05, 4.69) is 0 Å². The molecule has 0 aromatic carbocycles. The van der Waals surface area contributed by atoms with Gasteiger partial charge in [-0.1, -0.05) is 12.2 Å². The smallest absolute Gasteiger partial charge is 0.316 e. The molecule has 1 fully saturated rings. The van der Waals surface area contributed by atoms with Gasteiger partial charge in [-0.15, -0.1) is 0 Å². The zero-order valence-corrected chi connectivity index (χ0v) is 14.6. The lowest BCUT2D eigenvalue weighted by atomic mass is 9.70. The largest absolute Gasteiger partial charge is 0.468 e. The predicted molar refractivity (Wildman–Crippen MR) is 85.7 cm³/mol. The van der Waals surface area contributed by atoms with Gasteiger partial charge in [-0.2, -0.15) is 0 Å². The molecule has 0 spiro atoms. The first-order valence-electron chi connectivity index (χ1n) is 7.99. The lowest BCUT2D eigenvalue weighted by molar-refractivity contribution is -0.256. The third-order valence-electron chi connectivity index (χ3n) is 4.73. The summed E-state index contributed by atoms with van der Waals surface area (Å²) in [5.41, 5.74) is 0.600. The number of hydrogen-bond donors (Lipinski definition) is 0. The van der Waals surface area contributed by atoms with Crippen molar-refractivity contribution in [3.05, 3.63) is 23.3 Å². The van der Waals surface area contributed by atoms with Gasteiger partial charge in [-0.25, -0.2) is 0 Å². The maximum Gasteiger partial charge on any atom is 0.316 e. The van der Waals surface area contributed by atoms with Gasteiger partial charge in [0.25, 0.3) is 0 Å². The molecule has 5 nitrogen and oxygen atoms in total. The molecule has 0 bridgehead atoms. The number of carbonyl (C=O) groups excluding carboxylic acids is 2. The molecule has 0 amide bonds. The molecule has 2 aliphatic rings. The van der Waals surface area contributed by atoms with Crippen LogP contribution < -0.4 is 0 Å². The quantitative estimate of drug-likeness (QED) is 0.748. The minimum atomic E-state index is -0.779. The van der Waals surface area contributed by atoms with Crippen molar-refractivity contribution in [1.82, 2.24) is 0 Å². The van der Waals surface area contributed by atoms with E-state index in [0.29, 0.717) is 31.6 Å².